The SMILES string of the molecule is Cc1nc(Cl)nc(NCC2(C)CCCS2)c1N. The number of nitrogen functional groups attached to an aromatic ring is 1. The summed E-state index contributed by atoms with van der Waals surface area (Å²) in [4.78, 5) is 8.15. The molecule has 1 atom stereocenters. The molecule has 0 aliphatic carbocycles. The summed E-state index contributed by atoms with van der Waals surface area (Å²) in [6.45, 7) is 4.96. The standard InChI is InChI=1S/C11H17ClN4S/c1-7-8(13)9(16-10(12)15-7)14-6-11(2)4-3-5-17-11/h3-6,13H2,1-2H3,(H,14,15,16). The van der Waals surface area contributed by atoms with Crippen LogP contribution in [-0.4, -0.2) is 27.0 Å². The molecule has 0 radical (unpaired) electrons. The Kier molecular flexibility index (Phi) is 3.68. The Hall–Kier alpha value is -0.680. The molecule has 1 fully saturated rings. The number of hydrogen-bond acceptors (Lipinski definition) is 5. The number of thioether (sulfide) groups is 1. The van der Waals surface area contributed by atoms with Crippen molar-refractivity contribution in [1.82, 2.24) is 9.97 Å². The van der Waals surface area contributed by atoms with E-state index in [-0.39, 0.29) is 10.0 Å². The lowest BCUT2D eigenvalue weighted by Gasteiger charge is -2.23. The van der Waals surface area contributed by atoms with Gasteiger partial charge in [-0.3, -0.25) is 0 Å². The first-order valence-corrected chi connectivity index (χ1v) is 7.04. The molecule has 1 saturated heterocycles. The first-order chi connectivity index (χ1) is 8.00. The molecule has 4 nitrogen and oxygen atoms in total. The van der Waals surface area contributed by atoms with Gasteiger partial charge in [-0.1, -0.05) is 0 Å². The highest BCUT2D eigenvalue weighted by Gasteiger charge is 2.29. The van der Waals surface area contributed by atoms with Crippen LogP contribution in [-0.2, 0) is 0 Å². The van der Waals surface area contributed by atoms with E-state index in [9.17, 15) is 0 Å². The van der Waals surface area contributed by atoms with Crippen LogP contribution < -0.4 is 11.1 Å². The number of hydrogen-bond donors (Lipinski definition) is 2. The molecule has 3 N–H and O–H groups in total. The van der Waals surface area contributed by atoms with Crippen LogP contribution in [0.3, 0.4) is 0 Å². The maximum Gasteiger partial charge on any atom is 0.224 e. The zero-order chi connectivity index (χ0) is 12.5. The molecule has 0 aromatic carbocycles. The van der Waals surface area contributed by atoms with Crippen molar-refractivity contribution in [2.45, 2.75) is 31.4 Å². The van der Waals surface area contributed by atoms with Gasteiger partial charge in [0, 0.05) is 11.3 Å². The van der Waals surface area contributed by atoms with Crippen LogP contribution in [0.5, 0.6) is 0 Å². The van der Waals surface area contributed by atoms with Crippen LogP contribution in [0.15, 0.2) is 0 Å². The zero-order valence-electron chi connectivity index (χ0n) is 10.1. The Morgan fingerprint density at radius 3 is 2.94 bits per heavy atom. The molecule has 1 unspecified atom stereocenters. The number of rotatable bonds is 3. The molecule has 0 saturated carbocycles. The van der Waals surface area contributed by atoms with Crippen molar-refractivity contribution in [3.63, 3.8) is 0 Å². The summed E-state index contributed by atoms with van der Waals surface area (Å²) in [6, 6.07) is 0. The van der Waals surface area contributed by atoms with Gasteiger partial charge in [0.05, 0.1) is 11.4 Å². The molecule has 6 heteroatoms. The van der Waals surface area contributed by atoms with Crippen molar-refractivity contribution in [1.29, 1.82) is 0 Å². The van der Waals surface area contributed by atoms with Gasteiger partial charge in [-0.15, -0.1) is 0 Å². The van der Waals surface area contributed by atoms with Crippen molar-refractivity contribution in [2.24, 2.45) is 0 Å². The molecule has 0 amide bonds. The van der Waals surface area contributed by atoms with Gasteiger partial charge >= 0.3 is 0 Å². The van der Waals surface area contributed by atoms with E-state index in [1.807, 2.05) is 18.7 Å². The molecule has 1 aromatic rings. The maximum absolute atomic E-state index is 5.93. The van der Waals surface area contributed by atoms with E-state index in [1.54, 1.807) is 0 Å². The molecule has 94 valence electrons. The highest BCUT2D eigenvalue weighted by atomic mass is 35.5. The second-order valence-electron chi connectivity index (χ2n) is 4.60. The quantitative estimate of drug-likeness (QED) is 0.829. The molecule has 2 rings (SSSR count). The van der Waals surface area contributed by atoms with Gasteiger partial charge in [0.25, 0.3) is 0 Å². The molecule has 1 aliphatic heterocycles. The summed E-state index contributed by atoms with van der Waals surface area (Å²) in [5, 5.41) is 3.53. The van der Waals surface area contributed by atoms with Gasteiger partial charge in [-0.05, 0) is 44.0 Å². The Labute approximate surface area is 111 Å². The number of nitrogens with one attached hydrogen (secondary N) is 1. The predicted molar refractivity (Wildman–Crippen MR) is 74.8 cm³/mol. The monoisotopic (exact) mass is 272 g/mol. The largest absolute Gasteiger partial charge is 0.394 e. The normalized spacial score (nSPS) is 23.9. The minimum atomic E-state index is 0.239. The van der Waals surface area contributed by atoms with Gasteiger partial charge < -0.3 is 11.1 Å². The molecule has 1 aromatic heterocycles. The van der Waals surface area contributed by atoms with Crippen molar-refractivity contribution in [3.05, 3.63) is 11.0 Å². The van der Waals surface area contributed by atoms with Crippen LogP contribution in [0, 0.1) is 6.92 Å². The first-order valence-electron chi connectivity index (χ1n) is 5.68. The average molecular weight is 273 g/mol. The number of halogens is 1. The predicted octanol–water partition coefficient (Wildman–Crippen LogP) is 2.72. The fourth-order valence-electron chi connectivity index (χ4n) is 1.93. The molecule has 17 heavy (non-hydrogen) atoms. The lowest BCUT2D eigenvalue weighted by Crippen LogP contribution is -2.27. The third kappa shape index (κ3) is 2.96. The van der Waals surface area contributed by atoms with Gasteiger partial charge in [0.1, 0.15) is 0 Å². The Bertz CT molecular complexity index is 418. The summed E-state index contributed by atoms with van der Waals surface area (Å²) < 4.78 is 0.276. The van der Waals surface area contributed by atoms with E-state index >= 15 is 0 Å². The third-order valence-electron chi connectivity index (χ3n) is 3.04. The highest BCUT2D eigenvalue weighted by molar-refractivity contribution is 8.00. The van der Waals surface area contributed by atoms with Crippen LogP contribution in [0.1, 0.15) is 25.5 Å². The summed E-state index contributed by atoms with van der Waals surface area (Å²) in [5.41, 5.74) is 7.23. The lowest BCUT2D eigenvalue weighted by molar-refractivity contribution is 0.634. The second-order valence-corrected chi connectivity index (χ2v) is 6.62. The van der Waals surface area contributed by atoms with Gasteiger partial charge in [-0.2, -0.15) is 16.7 Å². The summed E-state index contributed by atoms with van der Waals surface area (Å²) in [6.07, 6.45) is 2.50. The molecule has 1 aliphatic rings. The summed E-state index contributed by atoms with van der Waals surface area (Å²) in [7, 11) is 0. The number of aryl methyl sites for hydroxylation is 1. The topological polar surface area (TPSA) is 63.8 Å². The summed E-state index contributed by atoms with van der Waals surface area (Å²) in [5.74, 6) is 1.88. The van der Waals surface area contributed by atoms with Crippen LogP contribution in [0.2, 0.25) is 5.28 Å². The second kappa shape index (κ2) is 4.90. The van der Waals surface area contributed by atoms with Gasteiger partial charge in [0.2, 0.25) is 5.28 Å². The number of aromatic nitrogens is 2. The minimum Gasteiger partial charge on any atom is -0.394 e. The third-order valence-corrected chi connectivity index (χ3v) is 4.75. The highest BCUT2D eigenvalue weighted by Crippen LogP contribution is 2.38. The van der Waals surface area contributed by atoms with E-state index < -0.39 is 0 Å². The number of anilines is 2. The molecular formula is C11H17ClN4S. The van der Waals surface area contributed by atoms with E-state index in [0.717, 1.165) is 12.2 Å². The number of nitrogens with zero attached hydrogens (tertiary/aromatic N) is 2. The Balaban J connectivity index is 2.08. The fraction of sp³-hybridized carbons (Fsp3) is 0.636. The first kappa shape index (κ1) is 12.8. The minimum absolute atomic E-state index is 0.239. The maximum atomic E-state index is 5.93. The summed E-state index contributed by atoms with van der Waals surface area (Å²) >= 11 is 7.83. The van der Waals surface area contributed by atoms with E-state index in [0.29, 0.717) is 11.5 Å². The van der Waals surface area contributed by atoms with E-state index in [4.69, 9.17) is 17.3 Å². The molecule has 0 spiro atoms. The van der Waals surface area contributed by atoms with Crippen LogP contribution in [0.25, 0.3) is 0 Å². The van der Waals surface area contributed by atoms with Crippen molar-refractivity contribution >= 4 is 34.9 Å². The van der Waals surface area contributed by atoms with Crippen molar-refractivity contribution < 1.29 is 0 Å². The smallest absolute Gasteiger partial charge is 0.224 e. The molecule has 0 bridgehead atoms. The van der Waals surface area contributed by atoms with Gasteiger partial charge in [0.15, 0.2) is 5.82 Å². The van der Waals surface area contributed by atoms with E-state index in [2.05, 4.69) is 22.2 Å². The molecular weight excluding hydrogens is 256 g/mol. The lowest BCUT2D eigenvalue weighted by atomic mass is 10.1. The average Bonchev–Trinajstić information content (AvgIpc) is 2.69. The van der Waals surface area contributed by atoms with Gasteiger partial charge in [-0.25, -0.2) is 4.98 Å². The van der Waals surface area contributed by atoms with Crippen molar-refractivity contribution in [2.75, 3.05) is 23.3 Å². The van der Waals surface area contributed by atoms with E-state index in [1.165, 1.54) is 18.6 Å². The molecule has 2 heterocycles. The zero-order valence-corrected chi connectivity index (χ0v) is 11.7. The number of nitrogens with two attached hydrogens (primary N) is 1. The fourth-order valence-corrected chi connectivity index (χ4v) is 3.38. The van der Waals surface area contributed by atoms with Crippen LogP contribution >= 0.6 is 23.4 Å². The Morgan fingerprint density at radius 1 is 1.53 bits per heavy atom. The van der Waals surface area contributed by atoms with Crippen LogP contribution in [0.4, 0.5) is 11.5 Å². The Morgan fingerprint density at radius 2 is 2.29 bits per heavy atom. The van der Waals surface area contributed by atoms with Crippen molar-refractivity contribution in [3.8, 4) is 0 Å².